The van der Waals surface area contributed by atoms with Crippen LogP contribution in [0.25, 0.3) is 0 Å². The highest BCUT2D eigenvalue weighted by Crippen LogP contribution is 2.09. The molecule has 1 heterocycles. The van der Waals surface area contributed by atoms with E-state index in [1.807, 2.05) is 38.6 Å². The zero-order valence-electron chi connectivity index (χ0n) is 10.6. The first kappa shape index (κ1) is 12.7. The lowest BCUT2D eigenvalue weighted by molar-refractivity contribution is -0.134. The van der Waals surface area contributed by atoms with Crippen LogP contribution in [0.4, 0.5) is 0 Å². The predicted octanol–water partition coefficient (Wildman–Crippen LogP) is 1.91. The number of aryl methyl sites for hydroxylation is 1. The lowest BCUT2D eigenvalue weighted by Crippen LogP contribution is -2.31. The van der Waals surface area contributed by atoms with E-state index in [1.54, 1.807) is 11.1 Å². The third-order valence-corrected chi connectivity index (χ3v) is 2.91. The van der Waals surface area contributed by atoms with Gasteiger partial charge in [0.25, 0.3) is 0 Å². The van der Waals surface area contributed by atoms with Gasteiger partial charge in [0.1, 0.15) is 0 Å². The fourth-order valence-electron chi connectivity index (χ4n) is 1.65. The summed E-state index contributed by atoms with van der Waals surface area (Å²) in [4.78, 5) is 13.7. The molecule has 0 saturated heterocycles. The molecule has 0 aliphatic heterocycles. The Labute approximate surface area is 97.2 Å². The van der Waals surface area contributed by atoms with Crippen LogP contribution in [0.1, 0.15) is 32.9 Å². The predicted molar refractivity (Wildman–Crippen MR) is 63.8 cm³/mol. The number of carbonyl (C=O) groups is 1. The molecule has 0 aliphatic carbocycles. The molecule has 0 aromatic carbocycles. The second-order valence-electron chi connectivity index (χ2n) is 4.14. The Hall–Kier alpha value is -1.32. The Morgan fingerprint density at radius 3 is 2.81 bits per heavy atom. The molecule has 4 heteroatoms. The molecule has 16 heavy (non-hydrogen) atoms. The van der Waals surface area contributed by atoms with E-state index in [2.05, 4.69) is 5.10 Å². The maximum atomic E-state index is 11.9. The van der Waals surface area contributed by atoms with Crippen LogP contribution >= 0.6 is 0 Å². The minimum Gasteiger partial charge on any atom is -0.340 e. The molecule has 0 bridgehead atoms. The van der Waals surface area contributed by atoms with Gasteiger partial charge in [0.2, 0.25) is 5.91 Å². The fourth-order valence-corrected chi connectivity index (χ4v) is 1.65. The first-order chi connectivity index (χ1) is 7.60. The summed E-state index contributed by atoms with van der Waals surface area (Å²) in [6.07, 6.45) is 2.66. The maximum Gasteiger partial charge on any atom is 0.225 e. The Balaban J connectivity index is 2.64. The molecule has 0 saturated carbocycles. The molecule has 1 atom stereocenters. The van der Waals surface area contributed by atoms with E-state index < -0.39 is 0 Å². The van der Waals surface area contributed by atoms with E-state index in [9.17, 15) is 4.79 Å². The summed E-state index contributed by atoms with van der Waals surface area (Å²) in [7, 11) is 1.85. The van der Waals surface area contributed by atoms with Crippen molar-refractivity contribution in [2.24, 2.45) is 5.92 Å². The molecule has 0 radical (unpaired) electrons. The average molecular weight is 223 g/mol. The van der Waals surface area contributed by atoms with Crippen molar-refractivity contribution in [3.05, 3.63) is 18.0 Å². The minimum absolute atomic E-state index is 0.1000. The molecule has 4 nitrogen and oxygen atoms in total. The van der Waals surface area contributed by atoms with Gasteiger partial charge in [0, 0.05) is 25.7 Å². The van der Waals surface area contributed by atoms with Crippen molar-refractivity contribution >= 4 is 5.91 Å². The van der Waals surface area contributed by atoms with E-state index in [0.29, 0.717) is 6.54 Å². The van der Waals surface area contributed by atoms with Crippen LogP contribution < -0.4 is 0 Å². The average Bonchev–Trinajstić information content (AvgIpc) is 2.74. The first-order valence-electron chi connectivity index (χ1n) is 5.85. The van der Waals surface area contributed by atoms with E-state index in [4.69, 9.17) is 0 Å². The molecule has 1 aromatic rings. The van der Waals surface area contributed by atoms with Crippen molar-refractivity contribution in [3.8, 4) is 0 Å². The van der Waals surface area contributed by atoms with Crippen LogP contribution in [0.15, 0.2) is 12.3 Å². The zero-order valence-corrected chi connectivity index (χ0v) is 10.6. The second-order valence-corrected chi connectivity index (χ2v) is 4.14. The lowest BCUT2D eigenvalue weighted by Gasteiger charge is -2.20. The van der Waals surface area contributed by atoms with Gasteiger partial charge in [-0.1, -0.05) is 13.8 Å². The van der Waals surface area contributed by atoms with Gasteiger partial charge in [-0.2, -0.15) is 5.10 Å². The van der Waals surface area contributed by atoms with E-state index in [1.165, 1.54) is 0 Å². The highest BCUT2D eigenvalue weighted by atomic mass is 16.2. The number of nitrogens with zero attached hydrogens (tertiary/aromatic N) is 3. The van der Waals surface area contributed by atoms with Crippen molar-refractivity contribution in [2.75, 3.05) is 7.05 Å². The summed E-state index contributed by atoms with van der Waals surface area (Å²) in [6.45, 7) is 7.53. The van der Waals surface area contributed by atoms with Crippen molar-refractivity contribution in [1.82, 2.24) is 14.7 Å². The Morgan fingerprint density at radius 2 is 2.25 bits per heavy atom. The first-order valence-corrected chi connectivity index (χ1v) is 5.85. The summed E-state index contributed by atoms with van der Waals surface area (Å²) in [5, 5.41) is 4.19. The number of amides is 1. The summed E-state index contributed by atoms with van der Waals surface area (Å²) >= 11 is 0. The molecular weight excluding hydrogens is 202 g/mol. The number of rotatable bonds is 5. The smallest absolute Gasteiger partial charge is 0.225 e. The lowest BCUT2D eigenvalue weighted by atomic mass is 10.1. The number of hydrogen-bond donors (Lipinski definition) is 0. The zero-order chi connectivity index (χ0) is 12.1. The third kappa shape index (κ3) is 2.84. The number of aromatic nitrogens is 2. The molecule has 1 aromatic heterocycles. The third-order valence-electron chi connectivity index (χ3n) is 2.91. The van der Waals surface area contributed by atoms with Crippen molar-refractivity contribution in [3.63, 3.8) is 0 Å². The van der Waals surface area contributed by atoms with Crippen LogP contribution in [0, 0.1) is 5.92 Å². The molecule has 1 rings (SSSR count). The Bertz CT molecular complexity index is 346. The topological polar surface area (TPSA) is 38.1 Å². The standard InChI is InChI=1S/C12H21N3O/c1-5-10(3)12(16)14(4)9-11-7-8-13-15(11)6-2/h7-8,10H,5-6,9H2,1-4H3. The van der Waals surface area contributed by atoms with Gasteiger partial charge in [-0.25, -0.2) is 0 Å². The van der Waals surface area contributed by atoms with Crippen LogP contribution in [0.2, 0.25) is 0 Å². The molecule has 1 unspecified atom stereocenters. The highest BCUT2D eigenvalue weighted by molar-refractivity contribution is 5.78. The number of carbonyl (C=O) groups excluding carboxylic acids is 1. The summed E-state index contributed by atoms with van der Waals surface area (Å²) in [5.74, 6) is 0.300. The van der Waals surface area contributed by atoms with Gasteiger partial charge < -0.3 is 4.90 Å². The molecule has 0 fully saturated rings. The second kappa shape index (κ2) is 5.68. The van der Waals surface area contributed by atoms with Crippen LogP contribution in [-0.2, 0) is 17.9 Å². The molecule has 0 spiro atoms. The van der Waals surface area contributed by atoms with Gasteiger partial charge in [0.15, 0.2) is 0 Å². The van der Waals surface area contributed by atoms with Crippen LogP contribution in [0.5, 0.6) is 0 Å². The molecule has 0 N–H and O–H groups in total. The molecular formula is C12H21N3O. The number of hydrogen-bond acceptors (Lipinski definition) is 2. The molecule has 0 aliphatic rings. The maximum absolute atomic E-state index is 11.9. The van der Waals surface area contributed by atoms with Gasteiger partial charge in [-0.15, -0.1) is 0 Å². The summed E-state index contributed by atoms with van der Waals surface area (Å²) in [6, 6.07) is 1.96. The minimum atomic E-state index is 0.1000. The monoisotopic (exact) mass is 223 g/mol. The van der Waals surface area contributed by atoms with Gasteiger partial charge in [0.05, 0.1) is 12.2 Å². The van der Waals surface area contributed by atoms with E-state index in [0.717, 1.165) is 18.7 Å². The summed E-state index contributed by atoms with van der Waals surface area (Å²) in [5.41, 5.74) is 1.08. The fraction of sp³-hybridized carbons (Fsp3) is 0.667. The summed E-state index contributed by atoms with van der Waals surface area (Å²) < 4.78 is 1.92. The van der Waals surface area contributed by atoms with E-state index in [-0.39, 0.29) is 11.8 Å². The van der Waals surface area contributed by atoms with Gasteiger partial charge in [-0.05, 0) is 19.4 Å². The van der Waals surface area contributed by atoms with E-state index >= 15 is 0 Å². The van der Waals surface area contributed by atoms with Crippen molar-refractivity contribution in [2.45, 2.75) is 40.3 Å². The molecule has 1 amide bonds. The van der Waals surface area contributed by atoms with Crippen molar-refractivity contribution < 1.29 is 4.79 Å². The Kier molecular flexibility index (Phi) is 4.52. The highest BCUT2D eigenvalue weighted by Gasteiger charge is 2.16. The van der Waals surface area contributed by atoms with Crippen molar-refractivity contribution in [1.29, 1.82) is 0 Å². The van der Waals surface area contributed by atoms with Crippen LogP contribution in [0.3, 0.4) is 0 Å². The quantitative estimate of drug-likeness (QED) is 0.764. The normalized spacial score (nSPS) is 12.5. The molecule has 90 valence electrons. The van der Waals surface area contributed by atoms with Gasteiger partial charge >= 0.3 is 0 Å². The van der Waals surface area contributed by atoms with Crippen LogP contribution in [-0.4, -0.2) is 27.6 Å². The SMILES string of the molecule is CCC(C)C(=O)N(C)Cc1ccnn1CC. The van der Waals surface area contributed by atoms with Gasteiger partial charge in [-0.3, -0.25) is 9.48 Å². The Morgan fingerprint density at radius 1 is 1.56 bits per heavy atom. The largest absolute Gasteiger partial charge is 0.340 e.